The second kappa shape index (κ2) is 7.79. The molecule has 4 nitrogen and oxygen atoms in total. The summed E-state index contributed by atoms with van der Waals surface area (Å²) in [6.45, 7) is 6.87. The molecule has 0 radical (unpaired) electrons. The molecule has 2 rings (SSSR count). The lowest BCUT2D eigenvalue weighted by Crippen LogP contribution is -2.32. The molecule has 22 heavy (non-hydrogen) atoms. The van der Waals surface area contributed by atoms with Crippen LogP contribution in [0.4, 0.5) is 4.79 Å². The zero-order chi connectivity index (χ0) is 16.0. The van der Waals surface area contributed by atoms with Crippen LogP contribution in [0.15, 0.2) is 29.7 Å². The topological polar surface area (TPSA) is 50.4 Å². The summed E-state index contributed by atoms with van der Waals surface area (Å²) in [6, 6.07) is 4.79. The highest BCUT2D eigenvalue weighted by Gasteiger charge is 2.32. The molecule has 1 fully saturated rings. The fourth-order valence-corrected chi connectivity index (χ4v) is 3.11. The molecule has 1 heterocycles. The van der Waals surface area contributed by atoms with E-state index in [4.69, 9.17) is 4.74 Å². The molecule has 0 aliphatic heterocycles. The monoisotopic (exact) mass is 322 g/mol. The molecule has 0 saturated heterocycles. The molecule has 122 valence electrons. The van der Waals surface area contributed by atoms with Crippen molar-refractivity contribution in [3.05, 3.63) is 34.5 Å². The minimum Gasteiger partial charge on any atom is -0.444 e. The van der Waals surface area contributed by atoms with E-state index in [0.29, 0.717) is 12.6 Å². The lowest BCUT2D eigenvalue weighted by atomic mass is 10.1. The molecule has 1 aromatic rings. The number of ether oxygens (including phenoxy) is 1. The van der Waals surface area contributed by atoms with E-state index in [2.05, 4.69) is 34.2 Å². The number of nitrogens with one attached hydrogen (secondary N) is 2. The highest BCUT2D eigenvalue weighted by molar-refractivity contribution is 7.10. The molecular formula is C17H26N2O2S. The molecular weight excluding hydrogens is 296 g/mol. The summed E-state index contributed by atoms with van der Waals surface area (Å²) in [5.74, 6) is 0.784. The second-order valence-corrected chi connectivity index (χ2v) is 7.57. The third kappa shape index (κ3) is 6.20. The molecule has 0 aromatic carbocycles. The minimum atomic E-state index is -0.451. The van der Waals surface area contributed by atoms with Gasteiger partial charge in [-0.25, -0.2) is 4.79 Å². The first-order valence-corrected chi connectivity index (χ1v) is 8.72. The normalized spacial score (nSPS) is 16.7. The van der Waals surface area contributed by atoms with Crippen LogP contribution in [0.3, 0.4) is 0 Å². The zero-order valence-electron chi connectivity index (χ0n) is 13.6. The minimum absolute atomic E-state index is 0.375. The maximum atomic E-state index is 11.5. The first kappa shape index (κ1) is 17.0. The molecule has 1 atom stereocenters. The summed E-state index contributed by atoms with van der Waals surface area (Å²) in [4.78, 5) is 12.9. The molecule has 1 aliphatic rings. The molecule has 1 saturated carbocycles. The van der Waals surface area contributed by atoms with Gasteiger partial charge in [-0.2, -0.15) is 0 Å². The average molecular weight is 322 g/mol. The van der Waals surface area contributed by atoms with Crippen molar-refractivity contribution in [1.82, 2.24) is 10.6 Å². The molecule has 0 bridgehead atoms. The summed E-state index contributed by atoms with van der Waals surface area (Å²) in [7, 11) is 0. The summed E-state index contributed by atoms with van der Waals surface area (Å²) in [6.07, 6.45) is 6.27. The molecule has 0 spiro atoms. The van der Waals surface area contributed by atoms with Gasteiger partial charge in [0.2, 0.25) is 0 Å². The van der Waals surface area contributed by atoms with Crippen LogP contribution in [0.2, 0.25) is 0 Å². The molecule has 2 N–H and O–H groups in total. The van der Waals surface area contributed by atoms with E-state index in [0.717, 1.165) is 12.5 Å². The molecule has 1 amide bonds. The van der Waals surface area contributed by atoms with Crippen LogP contribution < -0.4 is 10.6 Å². The van der Waals surface area contributed by atoms with Crippen molar-refractivity contribution in [2.45, 2.75) is 45.3 Å². The summed E-state index contributed by atoms with van der Waals surface area (Å²) < 4.78 is 5.17. The van der Waals surface area contributed by atoms with Crippen LogP contribution in [0.25, 0.3) is 0 Å². The van der Waals surface area contributed by atoms with Crippen LogP contribution in [0.5, 0.6) is 0 Å². The third-order valence-electron chi connectivity index (χ3n) is 3.33. The molecule has 1 unspecified atom stereocenters. The number of thiophene rings is 1. The van der Waals surface area contributed by atoms with Crippen molar-refractivity contribution in [3.63, 3.8) is 0 Å². The van der Waals surface area contributed by atoms with Gasteiger partial charge in [-0.1, -0.05) is 18.2 Å². The Morgan fingerprint density at radius 3 is 2.73 bits per heavy atom. The Kier molecular flexibility index (Phi) is 6.03. The van der Waals surface area contributed by atoms with Crippen LogP contribution in [-0.4, -0.2) is 24.8 Å². The summed E-state index contributed by atoms with van der Waals surface area (Å²) in [5.41, 5.74) is -0.451. The fourth-order valence-electron chi connectivity index (χ4n) is 2.22. The number of rotatable bonds is 7. The SMILES string of the molecule is CC(C)(C)OC(=O)NC/C=C/CNC(c1cccs1)C1CC1. The standard InChI is InChI=1S/C17H26N2O2S/c1-17(2,3)21-16(20)19-11-5-4-10-18-15(13-8-9-13)14-7-6-12-22-14/h4-7,12-13,15,18H,8-11H2,1-3H3,(H,19,20)/b5-4+. The lowest BCUT2D eigenvalue weighted by molar-refractivity contribution is 0.0534. The van der Waals surface area contributed by atoms with Gasteiger partial charge in [0.15, 0.2) is 0 Å². The van der Waals surface area contributed by atoms with E-state index in [1.807, 2.05) is 38.2 Å². The predicted molar refractivity (Wildman–Crippen MR) is 91.2 cm³/mol. The Hall–Kier alpha value is -1.33. The summed E-state index contributed by atoms with van der Waals surface area (Å²) in [5, 5.41) is 8.44. The van der Waals surface area contributed by atoms with E-state index >= 15 is 0 Å². The fraction of sp³-hybridized carbons (Fsp3) is 0.588. The maximum absolute atomic E-state index is 11.5. The molecule has 5 heteroatoms. The van der Waals surface area contributed by atoms with Gasteiger partial charge in [0.25, 0.3) is 0 Å². The smallest absolute Gasteiger partial charge is 0.407 e. The Balaban J connectivity index is 1.64. The number of carbonyl (C=O) groups excluding carboxylic acids is 1. The van der Waals surface area contributed by atoms with Crippen LogP contribution in [0.1, 0.15) is 44.5 Å². The number of hydrogen-bond donors (Lipinski definition) is 2. The van der Waals surface area contributed by atoms with Crippen molar-refractivity contribution in [1.29, 1.82) is 0 Å². The predicted octanol–water partition coefficient (Wildman–Crippen LogP) is 3.87. The first-order chi connectivity index (χ1) is 10.5. The average Bonchev–Trinajstić information content (AvgIpc) is 3.10. The van der Waals surface area contributed by atoms with E-state index in [1.165, 1.54) is 17.7 Å². The number of hydrogen-bond acceptors (Lipinski definition) is 4. The van der Waals surface area contributed by atoms with Gasteiger partial charge in [-0.05, 0) is 51.0 Å². The Morgan fingerprint density at radius 2 is 2.14 bits per heavy atom. The van der Waals surface area contributed by atoms with E-state index < -0.39 is 5.60 Å². The van der Waals surface area contributed by atoms with Crippen molar-refractivity contribution in [2.24, 2.45) is 5.92 Å². The second-order valence-electron chi connectivity index (χ2n) is 6.59. The van der Waals surface area contributed by atoms with Crippen molar-refractivity contribution < 1.29 is 9.53 Å². The van der Waals surface area contributed by atoms with Gasteiger partial charge >= 0.3 is 6.09 Å². The zero-order valence-corrected chi connectivity index (χ0v) is 14.4. The molecule has 1 aliphatic carbocycles. The van der Waals surface area contributed by atoms with Crippen molar-refractivity contribution in [2.75, 3.05) is 13.1 Å². The van der Waals surface area contributed by atoms with Crippen molar-refractivity contribution >= 4 is 17.4 Å². The van der Waals surface area contributed by atoms with Gasteiger partial charge in [-0.15, -0.1) is 11.3 Å². The lowest BCUT2D eigenvalue weighted by Gasteiger charge is -2.19. The third-order valence-corrected chi connectivity index (χ3v) is 4.28. The van der Waals surface area contributed by atoms with Crippen LogP contribution in [0, 0.1) is 5.92 Å². The highest BCUT2D eigenvalue weighted by atomic mass is 32.1. The number of amides is 1. The quantitative estimate of drug-likeness (QED) is 0.749. The van der Waals surface area contributed by atoms with Gasteiger partial charge in [0.1, 0.15) is 5.60 Å². The van der Waals surface area contributed by atoms with E-state index in [1.54, 1.807) is 0 Å². The maximum Gasteiger partial charge on any atom is 0.407 e. The first-order valence-electron chi connectivity index (χ1n) is 7.84. The number of alkyl carbamates (subject to hydrolysis) is 1. The Labute approximate surface area is 136 Å². The summed E-state index contributed by atoms with van der Waals surface area (Å²) >= 11 is 1.82. The highest BCUT2D eigenvalue weighted by Crippen LogP contribution is 2.42. The Bertz CT molecular complexity index is 487. The van der Waals surface area contributed by atoms with Gasteiger partial charge in [-0.3, -0.25) is 0 Å². The molecule has 1 aromatic heterocycles. The van der Waals surface area contributed by atoms with Crippen LogP contribution >= 0.6 is 11.3 Å². The van der Waals surface area contributed by atoms with Gasteiger partial charge in [0.05, 0.1) is 0 Å². The van der Waals surface area contributed by atoms with Gasteiger partial charge in [0, 0.05) is 24.0 Å². The van der Waals surface area contributed by atoms with Crippen LogP contribution in [-0.2, 0) is 4.74 Å². The van der Waals surface area contributed by atoms with E-state index in [9.17, 15) is 4.79 Å². The Morgan fingerprint density at radius 1 is 1.41 bits per heavy atom. The van der Waals surface area contributed by atoms with Gasteiger partial charge < -0.3 is 15.4 Å². The largest absolute Gasteiger partial charge is 0.444 e. The van der Waals surface area contributed by atoms with Crippen molar-refractivity contribution in [3.8, 4) is 0 Å². The number of carbonyl (C=O) groups is 1. The van der Waals surface area contributed by atoms with E-state index in [-0.39, 0.29) is 6.09 Å².